The quantitative estimate of drug-likeness (QED) is 0.597. The van der Waals surface area contributed by atoms with Crippen molar-refractivity contribution in [3.63, 3.8) is 0 Å². The van der Waals surface area contributed by atoms with Crippen LogP contribution in [0.4, 0.5) is 0 Å². The monoisotopic (exact) mass is 313 g/mol. The number of benzene rings is 1. The van der Waals surface area contributed by atoms with Crippen LogP contribution >= 0.6 is 6.64 Å². The topological polar surface area (TPSA) is 55.8 Å². The fourth-order valence-corrected chi connectivity index (χ4v) is 4.61. The molecule has 1 aromatic carbocycles. The number of hydrogen-bond acceptors (Lipinski definition) is 5. The predicted octanol–water partition coefficient (Wildman–Crippen LogP) is 2.97. The molecule has 0 aromatic heterocycles. The van der Waals surface area contributed by atoms with Gasteiger partial charge in [-0.15, -0.1) is 0 Å². The number of amides is 2. The molecule has 2 amide bonds. The summed E-state index contributed by atoms with van der Waals surface area (Å²) in [5.41, 5.74) is 0.707. The van der Waals surface area contributed by atoms with Crippen molar-refractivity contribution in [1.29, 1.82) is 0 Å². The normalized spacial score (nSPS) is 17.2. The van der Waals surface area contributed by atoms with Crippen molar-refractivity contribution in [2.75, 3.05) is 13.2 Å². The molecule has 0 radical (unpaired) electrons. The van der Waals surface area contributed by atoms with Gasteiger partial charge in [-0.3, -0.25) is 9.59 Å². The van der Waals surface area contributed by atoms with E-state index >= 15 is 0 Å². The molecule has 0 N–H and O–H groups in total. The number of nitrogens with zero attached hydrogens (tertiary/aromatic N) is 1. The second-order valence-electron chi connectivity index (χ2n) is 4.19. The Hall–Kier alpha value is -1.07. The Kier molecular flexibility index (Phi) is 4.70. The fourth-order valence-electron chi connectivity index (χ4n) is 1.92. The first-order valence-corrected chi connectivity index (χ1v) is 9.01. The zero-order valence-electron chi connectivity index (χ0n) is 11.4. The first kappa shape index (κ1) is 15.3. The lowest BCUT2D eigenvalue weighted by Gasteiger charge is -2.28. The van der Waals surface area contributed by atoms with E-state index in [2.05, 4.69) is 0 Å². The van der Waals surface area contributed by atoms with Gasteiger partial charge >= 0.3 is 0 Å². The van der Waals surface area contributed by atoms with E-state index in [0.29, 0.717) is 17.7 Å². The molecule has 0 saturated heterocycles. The first-order valence-electron chi connectivity index (χ1n) is 6.42. The number of hydrogen-bond donors (Lipinski definition) is 0. The minimum Gasteiger partial charge on any atom is -0.314 e. The molecule has 0 bridgehead atoms. The van der Waals surface area contributed by atoms with Crippen LogP contribution in [0, 0.1) is 0 Å². The van der Waals surface area contributed by atoms with E-state index < -0.39 is 18.5 Å². The predicted molar refractivity (Wildman–Crippen MR) is 79.1 cm³/mol. The summed E-state index contributed by atoms with van der Waals surface area (Å²) in [7, 11) is 0. The van der Waals surface area contributed by atoms with Gasteiger partial charge in [-0.05, 0) is 37.3 Å². The van der Waals surface area contributed by atoms with Crippen LogP contribution in [0.2, 0.25) is 0 Å². The molecule has 0 fully saturated rings. The molecule has 0 saturated carbocycles. The molecule has 0 aliphatic carbocycles. The molecule has 2 rings (SSSR count). The number of imide groups is 1. The Bertz CT molecular complexity index is 554. The molecule has 20 heavy (non-hydrogen) atoms. The molecule has 1 atom stereocenters. The van der Waals surface area contributed by atoms with Crippen LogP contribution < -0.4 is 0 Å². The summed E-state index contributed by atoms with van der Waals surface area (Å²) in [4.78, 5) is 24.8. The molecule has 108 valence electrons. The first-order chi connectivity index (χ1) is 9.55. The largest absolute Gasteiger partial charge is 0.314 e. The Labute approximate surface area is 123 Å². The van der Waals surface area contributed by atoms with Gasteiger partial charge in [0.15, 0.2) is 0 Å². The van der Waals surface area contributed by atoms with E-state index in [0.717, 1.165) is 11.1 Å². The third-order valence-electron chi connectivity index (χ3n) is 2.77. The summed E-state index contributed by atoms with van der Waals surface area (Å²) < 4.78 is 12.0. The molecular formula is C13H16NO4PS. The maximum atomic E-state index is 12.4. The van der Waals surface area contributed by atoms with Gasteiger partial charge in [0.25, 0.3) is 18.5 Å². The third kappa shape index (κ3) is 2.56. The van der Waals surface area contributed by atoms with Gasteiger partial charge in [0.2, 0.25) is 0 Å². The van der Waals surface area contributed by atoms with Crippen LogP contribution in [-0.4, -0.2) is 29.7 Å². The van der Waals surface area contributed by atoms with Crippen LogP contribution in [0.5, 0.6) is 0 Å². The number of carbonyl (C=O) groups excluding carboxylic acids is 2. The highest BCUT2D eigenvalue weighted by Gasteiger charge is 2.45. The van der Waals surface area contributed by atoms with Crippen LogP contribution in [0.25, 0.3) is 0 Å². The Morgan fingerprint density at radius 3 is 2.10 bits per heavy atom. The molecule has 1 aromatic rings. The van der Waals surface area contributed by atoms with Gasteiger partial charge in [-0.2, -0.15) is 4.67 Å². The summed E-state index contributed by atoms with van der Waals surface area (Å²) in [6.07, 6.45) is 0.731. The van der Waals surface area contributed by atoms with Crippen LogP contribution in [0.1, 0.15) is 41.0 Å². The lowest BCUT2D eigenvalue weighted by Crippen LogP contribution is -2.28. The second kappa shape index (κ2) is 6.14. The Morgan fingerprint density at radius 2 is 1.65 bits per heavy atom. The molecular weight excluding hydrogens is 297 g/mol. The highest BCUT2D eigenvalue weighted by atomic mass is 32.5. The van der Waals surface area contributed by atoms with Crippen molar-refractivity contribution in [3.8, 4) is 0 Å². The highest BCUT2D eigenvalue weighted by molar-refractivity contribution is 8.09. The van der Waals surface area contributed by atoms with E-state index in [9.17, 15) is 9.59 Å². The lowest BCUT2D eigenvalue weighted by molar-refractivity contribution is 0.0723. The van der Waals surface area contributed by atoms with Crippen molar-refractivity contribution in [1.82, 2.24) is 4.67 Å². The average molecular weight is 313 g/mol. The van der Waals surface area contributed by atoms with Gasteiger partial charge in [-0.1, -0.05) is 19.1 Å². The summed E-state index contributed by atoms with van der Waals surface area (Å²) in [6, 6.07) is 6.65. The van der Waals surface area contributed by atoms with Gasteiger partial charge < -0.3 is 9.05 Å². The van der Waals surface area contributed by atoms with Gasteiger partial charge in [0.1, 0.15) is 0 Å². The minimum atomic E-state index is -3.11. The molecule has 0 spiro atoms. The van der Waals surface area contributed by atoms with Gasteiger partial charge in [0, 0.05) is 0 Å². The van der Waals surface area contributed by atoms with E-state index in [-0.39, 0.29) is 6.61 Å². The second-order valence-corrected chi connectivity index (χ2v) is 7.43. The Morgan fingerprint density at radius 1 is 1.10 bits per heavy atom. The Balaban J connectivity index is 2.39. The molecule has 7 heteroatoms. The standard InChI is InChI=1S/C13H16NO4PS/c1-3-9-18-19(20,17-4-2)14-12(15)10-7-5-6-8-11(10)13(14)16/h5-8H,3-4,9H2,1-2H3. The smallest absolute Gasteiger partial charge is 0.299 e. The van der Waals surface area contributed by atoms with Crippen molar-refractivity contribution < 1.29 is 18.6 Å². The van der Waals surface area contributed by atoms with Crippen molar-refractivity contribution in [3.05, 3.63) is 35.4 Å². The zero-order valence-corrected chi connectivity index (χ0v) is 13.1. The van der Waals surface area contributed by atoms with Gasteiger partial charge in [-0.25, -0.2) is 0 Å². The summed E-state index contributed by atoms with van der Waals surface area (Å²) in [6.45, 7) is 1.21. The van der Waals surface area contributed by atoms with Crippen molar-refractivity contribution in [2.24, 2.45) is 0 Å². The number of fused-ring (bicyclic) bond motifs is 1. The molecule has 1 aliphatic heterocycles. The van der Waals surface area contributed by atoms with E-state index in [1.165, 1.54) is 0 Å². The summed E-state index contributed by atoms with van der Waals surface area (Å²) >= 11 is 5.38. The lowest BCUT2D eigenvalue weighted by atomic mass is 10.1. The maximum Gasteiger partial charge on any atom is 0.299 e. The number of rotatable bonds is 6. The molecule has 1 unspecified atom stereocenters. The number of carbonyl (C=O) groups is 2. The van der Waals surface area contributed by atoms with Gasteiger partial charge in [0.05, 0.1) is 24.3 Å². The van der Waals surface area contributed by atoms with Crippen LogP contribution in [-0.2, 0) is 20.9 Å². The SMILES string of the molecule is CCCOP(=S)(OCC)N1C(=O)c2ccccc2C1=O. The van der Waals surface area contributed by atoms with E-state index in [1.807, 2.05) is 6.92 Å². The average Bonchev–Trinajstić information content (AvgIpc) is 2.70. The maximum absolute atomic E-state index is 12.4. The molecule has 1 heterocycles. The van der Waals surface area contributed by atoms with E-state index in [4.69, 9.17) is 20.9 Å². The van der Waals surface area contributed by atoms with Crippen molar-refractivity contribution >= 4 is 30.3 Å². The minimum absolute atomic E-state index is 0.286. The fraction of sp³-hybridized carbons (Fsp3) is 0.385. The molecule has 5 nitrogen and oxygen atoms in total. The van der Waals surface area contributed by atoms with E-state index in [1.54, 1.807) is 31.2 Å². The highest BCUT2D eigenvalue weighted by Crippen LogP contribution is 2.55. The van der Waals surface area contributed by atoms with Crippen LogP contribution in [0.3, 0.4) is 0 Å². The van der Waals surface area contributed by atoms with Crippen LogP contribution in [0.15, 0.2) is 24.3 Å². The van der Waals surface area contributed by atoms with Crippen molar-refractivity contribution in [2.45, 2.75) is 20.3 Å². The zero-order chi connectivity index (χ0) is 14.8. The third-order valence-corrected chi connectivity index (χ3v) is 5.84. The summed E-state index contributed by atoms with van der Waals surface area (Å²) in [5, 5.41) is 0. The summed E-state index contributed by atoms with van der Waals surface area (Å²) in [5.74, 6) is -0.864. The molecule has 1 aliphatic rings.